The van der Waals surface area contributed by atoms with Crippen LogP contribution in [0.3, 0.4) is 0 Å². The van der Waals surface area contributed by atoms with Crippen molar-refractivity contribution in [3.63, 3.8) is 0 Å². The fourth-order valence-corrected chi connectivity index (χ4v) is 1.71. The number of nitrogens with zero attached hydrogens (tertiary/aromatic N) is 1. The van der Waals surface area contributed by atoms with Gasteiger partial charge in [0.2, 0.25) is 5.91 Å². The summed E-state index contributed by atoms with van der Waals surface area (Å²) in [6.07, 6.45) is 0. The van der Waals surface area contributed by atoms with Crippen LogP contribution in [0, 0.1) is 0 Å². The van der Waals surface area contributed by atoms with Gasteiger partial charge >= 0.3 is 0 Å². The topological polar surface area (TPSA) is 32.3 Å². The van der Waals surface area contributed by atoms with Gasteiger partial charge < -0.3 is 10.2 Å². The average Bonchev–Trinajstić information content (AvgIpc) is 2.70. The molecular weight excluding hydrogens is 224 g/mol. The molecule has 1 aromatic rings. The lowest BCUT2D eigenvalue weighted by Crippen LogP contribution is -2.43. The molecule has 1 aromatic carbocycles. The van der Waals surface area contributed by atoms with E-state index in [1.807, 2.05) is 71.9 Å². The van der Waals surface area contributed by atoms with Gasteiger partial charge in [-0.3, -0.25) is 4.79 Å². The summed E-state index contributed by atoms with van der Waals surface area (Å²) < 4.78 is 0. The number of rotatable bonds is 1. The first-order valence-electron chi connectivity index (χ1n) is 6.73. The normalized spacial score (nSPS) is 15.9. The maximum absolute atomic E-state index is 11.5. The van der Waals surface area contributed by atoms with Crippen LogP contribution in [-0.2, 0) is 4.79 Å². The molecule has 0 saturated carbocycles. The number of para-hydroxylation sites is 1. The van der Waals surface area contributed by atoms with Gasteiger partial charge in [0.25, 0.3) is 0 Å². The van der Waals surface area contributed by atoms with Crippen molar-refractivity contribution in [2.24, 2.45) is 0 Å². The first kappa shape index (κ1) is 16.5. The van der Waals surface area contributed by atoms with E-state index in [9.17, 15) is 4.79 Å². The molecule has 0 bridgehead atoms. The summed E-state index contributed by atoms with van der Waals surface area (Å²) in [7, 11) is 0. The average molecular weight is 250 g/mol. The molecular formula is C15H26N2O. The molecule has 1 heterocycles. The standard InChI is InChI=1S/C11H14N2O.2C2H6/c1-11(2)10(14)12-8-13(11)9-6-4-3-5-7-9;2*1-2/h3-7H,8H2,1-2H3,(H,12,14);2*1-2H3. The Bertz CT molecular complexity index is 347. The van der Waals surface area contributed by atoms with Crippen LogP contribution in [0.25, 0.3) is 0 Å². The van der Waals surface area contributed by atoms with Gasteiger partial charge in [-0.2, -0.15) is 0 Å². The molecule has 1 saturated heterocycles. The number of nitrogens with one attached hydrogen (secondary N) is 1. The molecule has 1 aliphatic rings. The second kappa shape index (κ2) is 7.75. The largest absolute Gasteiger partial charge is 0.340 e. The molecule has 102 valence electrons. The van der Waals surface area contributed by atoms with Crippen molar-refractivity contribution in [2.75, 3.05) is 11.6 Å². The fraction of sp³-hybridized carbons (Fsp3) is 0.533. The molecule has 2 rings (SSSR count). The molecule has 3 heteroatoms. The third-order valence-corrected chi connectivity index (χ3v) is 2.70. The highest BCUT2D eigenvalue weighted by molar-refractivity contribution is 5.92. The number of anilines is 1. The summed E-state index contributed by atoms with van der Waals surface area (Å²) in [5.41, 5.74) is 0.636. The Morgan fingerprint density at radius 1 is 1.06 bits per heavy atom. The Labute approximate surface area is 111 Å². The molecule has 0 aliphatic carbocycles. The lowest BCUT2D eigenvalue weighted by atomic mass is 10.0. The molecule has 1 aliphatic heterocycles. The summed E-state index contributed by atoms with van der Waals surface area (Å²) in [5, 5.41) is 2.85. The number of hydrogen-bond donors (Lipinski definition) is 1. The van der Waals surface area contributed by atoms with Crippen molar-refractivity contribution >= 4 is 11.6 Å². The lowest BCUT2D eigenvalue weighted by molar-refractivity contribution is -0.122. The molecule has 1 fully saturated rings. The summed E-state index contributed by atoms with van der Waals surface area (Å²) in [5.74, 6) is 0.0846. The number of hydrogen-bond acceptors (Lipinski definition) is 2. The molecule has 0 atom stereocenters. The van der Waals surface area contributed by atoms with Gasteiger partial charge in [0, 0.05) is 5.69 Å². The van der Waals surface area contributed by atoms with Gasteiger partial charge in [-0.25, -0.2) is 0 Å². The second-order valence-electron chi connectivity index (χ2n) is 3.99. The van der Waals surface area contributed by atoms with E-state index in [2.05, 4.69) is 10.2 Å². The van der Waals surface area contributed by atoms with Crippen LogP contribution < -0.4 is 10.2 Å². The molecule has 0 radical (unpaired) electrons. The van der Waals surface area contributed by atoms with Crippen molar-refractivity contribution in [1.82, 2.24) is 5.32 Å². The number of benzene rings is 1. The second-order valence-corrected chi connectivity index (χ2v) is 3.99. The van der Waals surface area contributed by atoms with Crippen molar-refractivity contribution in [2.45, 2.75) is 47.1 Å². The van der Waals surface area contributed by atoms with E-state index in [-0.39, 0.29) is 5.91 Å². The van der Waals surface area contributed by atoms with E-state index in [0.717, 1.165) is 5.69 Å². The zero-order chi connectivity index (χ0) is 14.2. The van der Waals surface area contributed by atoms with E-state index in [1.165, 1.54) is 0 Å². The van der Waals surface area contributed by atoms with Gasteiger partial charge in [0.1, 0.15) is 5.54 Å². The van der Waals surface area contributed by atoms with Crippen molar-refractivity contribution in [3.05, 3.63) is 30.3 Å². The Morgan fingerprint density at radius 2 is 1.56 bits per heavy atom. The quantitative estimate of drug-likeness (QED) is 0.828. The summed E-state index contributed by atoms with van der Waals surface area (Å²) in [6, 6.07) is 9.97. The van der Waals surface area contributed by atoms with E-state index in [4.69, 9.17) is 0 Å². The monoisotopic (exact) mass is 250 g/mol. The summed E-state index contributed by atoms with van der Waals surface area (Å²) in [4.78, 5) is 13.6. The summed E-state index contributed by atoms with van der Waals surface area (Å²) >= 11 is 0. The molecule has 0 unspecified atom stereocenters. The highest BCUT2D eigenvalue weighted by atomic mass is 16.2. The van der Waals surface area contributed by atoms with Gasteiger partial charge in [0.15, 0.2) is 0 Å². The van der Waals surface area contributed by atoms with Crippen molar-refractivity contribution in [3.8, 4) is 0 Å². The van der Waals surface area contributed by atoms with Crippen LogP contribution >= 0.6 is 0 Å². The maximum atomic E-state index is 11.5. The van der Waals surface area contributed by atoms with Gasteiger partial charge in [0.05, 0.1) is 6.67 Å². The number of carbonyl (C=O) groups excluding carboxylic acids is 1. The summed E-state index contributed by atoms with van der Waals surface area (Å²) in [6.45, 7) is 12.5. The maximum Gasteiger partial charge on any atom is 0.246 e. The Hall–Kier alpha value is -1.51. The first-order valence-corrected chi connectivity index (χ1v) is 6.73. The smallest absolute Gasteiger partial charge is 0.246 e. The highest BCUT2D eigenvalue weighted by Gasteiger charge is 2.40. The number of amides is 1. The van der Waals surface area contributed by atoms with Crippen LogP contribution in [0.5, 0.6) is 0 Å². The van der Waals surface area contributed by atoms with E-state index in [0.29, 0.717) is 6.67 Å². The SMILES string of the molecule is CC.CC.CC1(C)C(=O)NCN1c1ccccc1. The van der Waals surface area contributed by atoms with Crippen molar-refractivity contribution in [1.29, 1.82) is 0 Å². The minimum absolute atomic E-state index is 0.0846. The Morgan fingerprint density at radius 3 is 1.94 bits per heavy atom. The van der Waals surface area contributed by atoms with Crippen LogP contribution in [0.2, 0.25) is 0 Å². The van der Waals surface area contributed by atoms with Crippen LogP contribution in [0.1, 0.15) is 41.5 Å². The molecule has 1 N–H and O–H groups in total. The minimum atomic E-state index is -0.443. The van der Waals surface area contributed by atoms with Gasteiger partial charge in [-0.1, -0.05) is 45.9 Å². The van der Waals surface area contributed by atoms with E-state index >= 15 is 0 Å². The third kappa shape index (κ3) is 3.49. The van der Waals surface area contributed by atoms with Crippen LogP contribution in [0.4, 0.5) is 5.69 Å². The van der Waals surface area contributed by atoms with E-state index < -0.39 is 5.54 Å². The first-order chi connectivity index (χ1) is 8.62. The lowest BCUT2D eigenvalue weighted by Gasteiger charge is -2.29. The molecule has 18 heavy (non-hydrogen) atoms. The van der Waals surface area contributed by atoms with E-state index in [1.54, 1.807) is 0 Å². The highest BCUT2D eigenvalue weighted by Crippen LogP contribution is 2.26. The van der Waals surface area contributed by atoms with Crippen LogP contribution in [0.15, 0.2) is 30.3 Å². The minimum Gasteiger partial charge on any atom is -0.340 e. The zero-order valence-electron chi connectivity index (χ0n) is 12.4. The van der Waals surface area contributed by atoms with Gasteiger partial charge in [-0.05, 0) is 26.0 Å². The predicted molar refractivity (Wildman–Crippen MR) is 78.7 cm³/mol. The fourth-order valence-electron chi connectivity index (χ4n) is 1.71. The molecule has 3 nitrogen and oxygen atoms in total. The Kier molecular flexibility index (Phi) is 7.10. The van der Waals surface area contributed by atoms with Gasteiger partial charge in [-0.15, -0.1) is 0 Å². The molecule has 0 aromatic heterocycles. The molecule has 1 amide bonds. The third-order valence-electron chi connectivity index (χ3n) is 2.70. The zero-order valence-corrected chi connectivity index (χ0v) is 12.4. The Balaban J connectivity index is 0.000000659. The number of carbonyl (C=O) groups is 1. The molecule has 0 spiro atoms. The van der Waals surface area contributed by atoms with Crippen molar-refractivity contribution < 1.29 is 4.79 Å². The predicted octanol–water partition coefficient (Wildman–Crippen LogP) is 3.41. The van der Waals surface area contributed by atoms with Crippen LogP contribution in [-0.4, -0.2) is 18.1 Å².